The van der Waals surface area contributed by atoms with Crippen molar-refractivity contribution in [3.05, 3.63) is 47.4 Å². The van der Waals surface area contributed by atoms with Gasteiger partial charge in [-0.1, -0.05) is 0 Å². The van der Waals surface area contributed by atoms with Gasteiger partial charge in [0.05, 0.1) is 23.1 Å². The number of aromatic nitrogens is 5. The first-order valence-corrected chi connectivity index (χ1v) is 9.86. The van der Waals surface area contributed by atoms with E-state index in [1.807, 2.05) is 0 Å². The fraction of sp³-hybridized carbons (Fsp3) is 0.350. The molecule has 4 aromatic heterocycles. The molecule has 4 heterocycles. The first kappa shape index (κ1) is 20.2. The summed E-state index contributed by atoms with van der Waals surface area (Å²) < 4.78 is 46.0. The van der Waals surface area contributed by atoms with Gasteiger partial charge in [-0.2, -0.15) is 13.2 Å². The number of hydrogen-bond donors (Lipinski definition) is 2. The zero-order chi connectivity index (χ0) is 22.7. The number of fused-ring (bicyclic) bond motifs is 2. The van der Waals surface area contributed by atoms with Gasteiger partial charge in [-0.05, 0) is 38.8 Å². The Hall–Kier alpha value is -3.70. The van der Waals surface area contributed by atoms with E-state index in [0.29, 0.717) is 17.0 Å². The van der Waals surface area contributed by atoms with E-state index in [9.17, 15) is 18.0 Å². The molecule has 12 heteroatoms. The molecule has 1 aliphatic rings. The number of alkyl halides is 3. The SMILES string of the molecule is Cc1oc2ncnc(NC3(C)CC3)c2c1C(=O)NCc1nnc2ccc(C(F)(F)F)cn12. The summed E-state index contributed by atoms with van der Waals surface area (Å²) in [4.78, 5) is 21.4. The third-order valence-corrected chi connectivity index (χ3v) is 5.52. The predicted molar refractivity (Wildman–Crippen MR) is 107 cm³/mol. The Morgan fingerprint density at radius 3 is 2.75 bits per heavy atom. The van der Waals surface area contributed by atoms with Crippen molar-refractivity contribution >= 4 is 28.5 Å². The van der Waals surface area contributed by atoms with Crippen molar-refractivity contribution < 1.29 is 22.4 Å². The summed E-state index contributed by atoms with van der Waals surface area (Å²) in [6, 6.07) is 2.16. The maximum Gasteiger partial charge on any atom is 0.417 e. The van der Waals surface area contributed by atoms with Crippen LogP contribution in [0.25, 0.3) is 16.7 Å². The first-order chi connectivity index (χ1) is 15.1. The Kier molecular flexibility index (Phi) is 4.36. The molecule has 1 saturated carbocycles. The van der Waals surface area contributed by atoms with Gasteiger partial charge in [-0.25, -0.2) is 9.97 Å². The van der Waals surface area contributed by atoms with Gasteiger partial charge in [0.1, 0.15) is 17.9 Å². The lowest BCUT2D eigenvalue weighted by Crippen LogP contribution is -2.25. The molecule has 32 heavy (non-hydrogen) atoms. The number of halogens is 3. The van der Waals surface area contributed by atoms with Crippen molar-refractivity contribution in [1.82, 2.24) is 29.9 Å². The molecule has 1 aliphatic carbocycles. The van der Waals surface area contributed by atoms with Gasteiger partial charge in [-0.15, -0.1) is 10.2 Å². The van der Waals surface area contributed by atoms with Crippen LogP contribution in [0.3, 0.4) is 0 Å². The van der Waals surface area contributed by atoms with Crippen molar-refractivity contribution in [3.8, 4) is 0 Å². The summed E-state index contributed by atoms with van der Waals surface area (Å²) in [6.45, 7) is 3.56. The number of aryl methyl sites for hydroxylation is 1. The standard InChI is InChI=1S/C20H18F3N7O2/c1-10-14(15-16(27-19(2)5-6-19)25-9-26-18(15)32-10)17(31)24-7-13-29-28-12-4-3-11(8-30(12)13)20(21,22)23/h3-4,8-9H,5-7H2,1-2H3,(H,24,31)(H,25,26,27). The van der Waals surface area contributed by atoms with Gasteiger partial charge in [0.25, 0.3) is 5.91 Å². The number of pyridine rings is 1. The Morgan fingerprint density at radius 1 is 1.25 bits per heavy atom. The van der Waals surface area contributed by atoms with E-state index in [4.69, 9.17) is 4.42 Å². The highest BCUT2D eigenvalue weighted by Crippen LogP contribution is 2.40. The highest BCUT2D eigenvalue weighted by Gasteiger charge is 2.38. The van der Waals surface area contributed by atoms with E-state index < -0.39 is 17.6 Å². The summed E-state index contributed by atoms with van der Waals surface area (Å²) in [5.41, 5.74) is -0.147. The number of nitrogens with one attached hydrogen (secondary N) is 2. The number of furan rings is 1. The van der Waals surface area contributed by atoms with Crippen LogP contribution < -0.4 is 10.6 Å². The quantitative estimate of drug-likeness (QED) is 0.484. The van der Waals surface area contributed by atoms with Gasteiger partial charge in [0, 0.05) is 11.7 Å². The average molecular weight is 445 g/mol. The molecule has 0 unspecified atom stereocenters. The third-order valence-electron chi connectivity index (χ3n) is 5.52. The topological polar surface area (TPSA) is 110 Å². The number of hydrogen-bond acceptors (Lipinski definition) is 7. The van der Waals surface area contributed by atoms with Crippen LogP contribution in [0.1, 0.15) is 47.3 Å². The third kappa shape index (κ3) is 3.51. The van der Waals surface area contributed by atoms with Crippen LogP contribution >= 0.6 is 0 Å². The molecule has 2 N–H and O–H groups in total. The van der Waals surface area contributed by atoms with Crippen LogP contribution in [0.2, 0.25) is 0 Å². The zero-order valence-corrected chi connectivity index (χ0v) is 17.1. The minimum Gasteiger partial charge on any atom is -0.442 e. The van der Waals surface area contributed by atoms with Gasteiger partial charge in [0.2, 0.25) is 5.71 Å². The first-order valence-electron chi connectivity index (χ1n) is 9.86. The number of anilines is 1. The molecule has 0 atom stereocenters. The number of rotatable bonds is 5. The molecule has 9 nitrogen and oxygen atoms in total. The highest BCUT2D eigenvalue weighted by molar-refractivity contribution is 6.10. The van der Waals surface area contributed by atoms with E-state index in [2.05, 4.69) is 37.7 Å². The zero-order valence-electron chi connectivity index (χ0n) is 17.1. The summed E-state index contributed by atoms with van der Waals surface area (Å²) in [6.07, 6.45) is -0.274. The molecule has 0 aromatic carbocycles. The van der Waals surface area contributed by atoms with Crippen LogP contribution in [0.5, 0.6) is 0 Å². The normalized spacial score (nSPS) is 15.3. The molecule has 166 valence electrons. The predicted octanol–water partition coefficient (Wildman–Crippen LogP) is 3.49. The van der Waals surface area contributed by atoms with Crippen LogP contribution in [0, 0.1) is 6.92 Å². The molecule has 1 fully saturated rings. The Morgan fingerprint density at radius 2 is 2.03 bits per heavy atom. The highest BCUT2D eigenvalue weighted by atomic mass is 19.4. The molecule has 0 saturated heterocycles. The second-order valence-corrected chi connectivity index (χ2v) is 8.06. The maximum absolute atomic E-state index is 13.1. The van der Waals surface area contributed by atoms with Crippen LogP contribution in [0.4, 0.5) is 19.0 Å². The summed E-state index contributed by atoms with van der Waals surface area (Å²) >= 11 is 0. The molecular formula is C20H18F3N7O2. The van der Waals surface area contributed by atoms with Crippen LogP contribution in [0.15, 0.2) is 29.1 Å². The summed E-state index contributed by atoms with van der Waals surface area (Å²) in [7, 11) is 0. The average Bonchev–Trinajstić information content (AvgIpc) is 3.17. The van der Waals surface area contributed by atoms with Crippen molar-refractivity contribution in [1.29, 1.82) is 0 Å². The monoisotopic (exact) mass is 445 g/mol. The molecule has 0 spiro atoms. The second-order valence-electron chi connectivity index (χ2n) is 8.06. The Bertz CT molecular complexity index is 1350. The number of amides is 1. The Balaban J connectivity index is 1.44. The second kappa shape index (κ2) is 6.90. The molecule has 0 bridgehead atoms. The minimum absolute atomic E-state index is 0.0865. The summed E-state index contributed by atoms with van der Waals surface area (Å²) in [5, 5.41) is 14.2. The summed E-state index contributed by atoms with van der Waals surface area (Å²) in [5.74, 6) is 0.529. The van der Waals surface area contributed by atoms with Crippen molar-refractivity contribution in [2.75, 3.05) is 5.32 Å². The fourth-order valence-electron chi connectivity index (χ4n) is 3.48. The van der Waals surface area contributed by atoms with E-state index >= 15 is 0 Å². The largest absolute Gasteiger partial charge is 0.442 e. The number of nitrogens with zero attached hydrogens (tertiary/aromatic N) is 5. The lowest BCUT2D eigenvalue weighted by Gasteiger charge is -2.13. The van der Waals surface area contributed by atoms with E-state index in [1.165, 1.54) is 16.8 Å². The molecule has 5 rings (SSSR count). The Labute approximate surface area is 179 Å². The molecule has 0 radical (unpaired) electrons. The smallest absolute Gasteiger partial charge is 0.417 e. The van der Waals surface area contributed by atoms with Gasteiger partial charge >= 0.3 is 6.18 Å². The van der Waals surface area contributed by atoms with E-state index in [1.54, 1.807) is 6.92 Å². The van der Waals surface area contributed by atoms with Crippen molar-refractivity contribution in [3.63, 3.8) is 0 Å². The van der Waals surface area contributed by atoms with Gasteiger partial charge in [0.15, 0.2) is 11.5 Å². The molecule has 1 amide bonds. The minimum atomic E-state index is -4.51. The van der Waals surface area contributed by atoms with Gasteiger partial charge in [-0.3, -0.25) is 9.20 Å². The number of carbonyl (C=O) groups is 1. The molecule has 0 aliphatic heterocycles. The molecule has 4 aromatic rings. The van der Waals surface area contributed by atoms with Crippen molar-refractivity contribution in [2.24, 2.45) is 0 Å². The maximum atomic E-state index is 13.1. The van der Waals surface area contributed by atoms with Crippen LogP contribution in [-0.2, 0) is 12.7 Å². The molecular weight excluding hydrogens is 427 g/mol. The van der Waals surface area contributed by atoms with Crippen molar-refractivity contribution in [2.45, 2.75) is 44.9 Å². The lowest BCUT2D eigenvalue weighted by molar-refractivity contribution is -0.137. The number of carbonyl (C=O) groups excluding carboxylic acids is 1. The van der Waals surface area contributed by atoms with E-state index in [-0.39, 0.29) is 34.8 Å². The lowest BCUT2D eigenvalue weighted by atomic mass is 10.1. The van der Waals surface area contributed by atoms with E-state index in [0.717, 1.165) is 25.1 Å². The fourth-order valence-corrected chi connectivity index (χ4v) is 3.48. The van der Waals surface area contributed by atoms with Crippen LogP contribution in [-0.4, -0.2) is 36.0 Å². The van der Waals surface area contributed by atoms with Gasteiger partial charge < -0.3 is 15.1 Å².